The minimum atomic E-state index is -0.606. The summed E-state index contributed by atoms with van der Waals surface area (Å²) in [5.74, 6) is -1.49. The van der Waals surface area contributed by atoms with Gasteiger partial charge < -0.3 is 15.0 Å². The number of rotatable bonds is 15. The molecule has 1 aromatic heterocycles. The van der Waals surface area contributed by atoms with Crippen molar-refractivity contribution in [1.82, 2.24) is 20.3 Å². The Kier molecular flexibility index (Phi) is 12.8. The maximum absolute atomic E-state index is 13.7. The Balaban J connectivity index is 1.43. The Bertz CT molecular complexity index is 1700. The van der Waals surface area contributed by atoms with Crippen LogP contribution < -0.4 is 10.2 Å². The number of ketones is 2. The number of carbonyl (C=O) groups excluding carboxylic acids is 5. The third-order valence-electron chi connectivity index (χ3n) is 8.52. The van der Waals surface area contributed by atoms with Crippen molar-refractivity contribution in [2.75, 3.05) is 18.1 Å². The first-order valence-electron chi connectivity index (χ1n) is 17.5. The van der Waals surface area contributed by atoms with Crippen LogP contribution in [-0.4, -0.2) is 57.5 Å². The first-order chi connectivity index (χ1) is 23.6. The smallest absolute Gasteiger partial charge is 0.313 e. The Morgan fingerprint density at radius 1 is 0.800 bits per heavy atom. The molecule has 11 nitrogen and oxygen atoms in total. The van der Waals surface area contributed by atoms with Gasteiger partial charge in [-0.1, -0.05) is 89.2 Å². The average molecular weight is 686 g/mol. The van der Waals surface area contributed by atoms with Crippen LogP contribution in [0.1, 0.15) is 98.5 Å². The fourth-order valence-electron chi connectivity index (χ4n) is 5.98. The molecule has 2 amide bonds. The molecular formula is C39H51N5O6. The van der Waals surface area contributed by atoms with E-state index in [-0.39, 0.29) is 73.3 Å². The van der Waals surface area contributed by atoms with Gasteiger partial charge in [-0.05, 0) is 48.1 Å². The third-order valence-corrected chi connectivity index (χ3v) is 8.52. The molecule has 0 saturated heterocycles. The van der Waals surface area contributed by atoms with Crippen molar-refractivity contribution >= 4 is 35.0 Å². The summed E-state index contributed by atoms with van der Waals surface area (Å²) in [5, 5.41) is 11.6. The minimum absolute atomic E-state index is 0.0610. The molecule has 1 aliphatic rings. The van der Waals surface area contributed by atoms with Crippen molar-refractivity contribution in [1.29, 1.82) is 0 Å². The van der Waals surface area contributed by atoms with E-state index in [1.165, 1.54) is 4.68 Å². The molecule has 0 atom stereocenters. The quantitative estimate of drug-likeness (QED) is 0.109. The number of aromatic nitrogens is 3. The van der Waals surface area contributed by atoms with Crippen LogP contribution in [0.5, 0.6) is 0 Å². The molecular weight excluding hydrogens is 634 g/mol. The lowest BCUT2D eigenvalue weighted by Crippen LogP contribution is -2.33. The second-order valence-electron chi connectivity index (χ2n) is 15.4. The molecule has 2 aromatic carbocycles. The van der Waals surface area contributed by atoms with Crippen molar-refractivity contribution in [2.24, 2.45) is 10.8 Å². The van der Waals surface area contributed by atoms with Gasteiger partial charge in [-0.3, -0.25) is 24.0 Å². The Morgan fingerprint density at radius 3 is 2.06 bits per heavy atom. The van der Waals surface area contributed by atoms with Gasteiger partial charge in [-0.25, -0.2) is 4.68 Å². The molecule has 0 radical (unpaired) electrons. The summed E-state index contributed by atoms with van der Waals surface area (Å²) in [6.45, 7) is 12.8. The largest absolute Gasteiger partial charge is 0.463 e. The molecule has 0 fully saturated rings. The van der Waals surface area contributed by atoms with Gasteiger partial charge >= 0.3 is 5.97 Å². The number of benzene rings is 2. The Morgan fingerprint density at radius 2 is 1.40 bits per heavy atom. The number of amides is 2. The lowest BCUT2D eigenvalue weighted by molar-refractivity contribution is -0.146. The molecule has 0 unspecified atom stereocenters. The average Bonchev–Trinajstić information content (AvgIpc) is 3.42. The van der Waals surface area contributed by atoms with Gasteiger partial charge in [0.15, 0.2) is 0 Å². The summed E-state index contributed by atoms with van der Waals surface area (Å²) >= 11 is 0. The highest BCUT2D eigenvalue weighted by Gasteiger charge is 2.30. The molecule has 11 heteroatoms. The number of ether oxygens (including phenoxy) is 1. The number of fused-ring (bicyclic) bond motifs is 5. The molecule has 50 heavy (non-hydrogen) atoms. The highest BCUT2D eigenvalue weighted by Crippen LogP contribution is 2.41. The number of nitrogens with one attached hydrogen (secondary N) is 1. The molecule has 0 aliphatic carbocycles. The number of carbonyl (C=O) groups is 5. The first kappa shape index (κ1) is 38.1. The van der Waals surface area contributed by atoms with Crippen LogP contribution in [-0.2, 0) is 41.8 Å². The predicted molar refractivity (Wildman–Crippen MR) is 192 cm³/mol. The molecule has 1 N–H and O–H groups in total. The fourth-order valence-corrected chi connectivity index (χ4v) is 5.98. The van der Waals surface area contributed by atoms with Gasteiger partial charge in [0.05, 0.1) is 30.9 Å². The summed E-state index contributed by atoms with van der Waals surface area (Å²) in [6.07, 6.45) is 3.48. The zero-order valence-corrected chi connectivity index (χ0v) is 30.3. The second kappa shape index (κ2) is 16.8. The molecule has 0 saturated carbocycles. The van der Waals surface area contributed by atoms with E-state index in [9.17, 15) is 24.0 Å². The van der Waals surface area contributed by atoms with E-state index >= 15 is 0 Å². The molecule has 0 spiro atoms. The van der Waals surface area contributed by atoms with Crippen molar-refractivity contribution in [3.8, 4) is 22.5 Å². The topological polar surface area (TPSA) is 141 Å². The normalized spacial score (nSPS) is 12.6. The molecule has 0 bridgehead atoms. The van der Waals surface area contributed by atoms with Gasteiger partial charge in [0, 0.05) is 24.0 Å². The van der Waals surface area contributed by atoms with E-state index < -0.39 is 5.97 Å². The van der Waals surface area contributed by atoms with E-state index in [1.54, 1.807) is 4.90 Å². The zero-order chi connectivity index (χ0) is 36.5. The van der Waals surface area contributed by atoms with Crippen molar-refractivity contribution < 1.29 is 28.7 Å². The van der Waals surface area contributed by atoms with Crippen LogP contribution in [0.3, 0.4) is 0 Å². The summed E-state index contributed by atoms with van der Waals surface area (Å²) in [4.78, 5) is 65.5. The van der Waals surface area contributed by atoms with Gasteiger partial charge in [0.1, 0.15) is 36.8 Å². The van der Waals surface area contributed by atoms with E-state index in [1.807, 2.05) is 48.5 Å². The van der Waals surface area contributed by atoms with Crippen LogP contribution >= 0.6 is 0 Å². The Labute approximate surface area is 295 Å². The molecule has 268 valence electrons. The van der Waals surface area contributed by atoms with Gasteiger partial charge in [0.2, 0.25) is 11.8 Å². The van der Waals surface area contributed by atoms with Crippen LogP contribution in [0.2, 0.25) is 0 Å². The van der Waals surface area contributed by atoms with E-state index in [4.69, 9.17) is 4.74 Å². The number of nitrogens with zero attached hydrogens (tertiary/aromatic N) is 4. The highest BCUT2D eigenvalue weighted by molar-refractivity contribution is 6.08. The summed E-state index contributed by atoms with van der Waals surface area (Å²) < 4.78 is 6.70. The summed E-state index contributed by atoms with van der Waals surface area (Å²) in [5.41, 5.74) is 4.26. The summed E-state index contributed by atoms with van der Waals surface area (Å²) in [7, 11) is 0. The number of hydrogen-bond acceptors (Lipinski definition) is 8. The van der Waals surface area contributed by atoms with Crippen LogP contribution in [0.4, 0.5) is 5.69 Å². The van der Waals surface area contributed by atoms with Crippen LogP contribution in [0, 0.1) is 10.8 Å². The van der Waals surface area contributed by atoms with E-state index in [0.717, 1.165) is 36.8 Å². The summed E-state index contributed by atoms with van der Waals surface area (Å²) in [6, 6.07) is 15.0. The monoisotopic (exact) mass is 685 g/mol. The zero-order valence-electron chi connectivity index (χ0n) is 30.3. The lowest BCUT2D eigenvalue weighted by Gasteiger charge is -2.28. The Hall–Kier alpha value is -4.67. The molecule has 2 heterocycles. The SMILES string of the molecule is CC(C)(C)CCCC(=O)CC(=O)OCCNC(=O)Cn1nnc2c1-c1ccccc1CN(C(=O)CC(=O)CCCC(C)(C)C)c1ccccc1-2. The van der Waals surface area contributed by atoms with Crippen molar-refractivity contribution in [3.05, 3.63) is 54.1 Å². The molecule has 3 aromatic rings. The first-order valence-corrected chi connectivity index (χ1v) is 17.5. The maximum Gasteiger partial charge on any atom is 0.313 e. The minimum Gasteiger partial charge on any atom is -0.463 e. The number of para-hydroxylation sites is 1. The predicted octanol–water partition coefficient (Wildman–Crippen LogP) is 6.47. The van der Waals surface area contributed by atoms with Crippen LogP contribution in [0.25, 0.3) is 22.5 Å². The number of anilines is 1. The lowest BCUT2D eigenvalue weighted by atomic mass is 9.89. The third kappa shape index (κ3) is 11.2. The maximum atomic E-state index is 13.7. The van der Waals surface area contributed by atoms with Crippen molar-refractivity contribution in [3.63, 3.8) is 0 Å². The van der Waals surface area contributed by atoms with E-state index in [0.29, 0.717) is 35.5 Å². The van der Waals surface area contributed by atoms with Crippen LogP contribution in [0.15, 0.2) is 48.5 Å². The molecule has 1 aliphatic heterocycles. The fraction of sp³-hybridized carbons (Fsp3) is 0.513. The second-order valence-corrected chi connectivity index (χ2v) is 15.4. The van der Waals surface area contributed by atoms with Crippen molar-refractivity contribution in [2.45, 2.75) is 106 Å². The number of hydrogen-bond donors (Lipinski definition) is 1. The standard InChI is InChI=1S/C39H51N5O6/c1-38(2,3)19-11-14-28(45)23-34(48)43-25-27-13-7-8-16-30(27)37-36(31-17-9-10-18-32(31)43)41-42-44(37)26-33(47)40-21-22-50-35(49)24-29(46)15-12-20-39(4,5)6/h7-10,13,16-18H,11-12,14-15,19-26H2,1-6H3,(H,40,47). The highest BCUT2D eigenvalue weighted by atomic mass is 16.5. The van der Waals surface area contributed by atoms with E-state index in [2.05, 4.69) is 57.2 Å². The van der Waals surface area contributed by atoms with Gasteiger partial charge in [-0.15, -0.1) is 5.10 Å². The molecule has 4 rings (SSSR count). The number of esters is 1. The number of Topliss-reactive ketones (excluding diaryl/α,β-unsaturated/α-hetero) is 2. The van der Waals surface area contributed by atoms with Gasteiger partial charge in [-0.2, -0.15) is 0 Å². The van der Waals surface area contributed by atoms with Gasteiger partial charge in [0.25, 0.3) is 0 Å².